The normalized spacial score (nSPS) is 11.5. The zero-order valence-corrected chi connectivity index (χ0v) is 19.9. The highest BCUT2D eigenvalue weighted by Crippen LogP contribution is 2.16. The van der Waals surface area contributed by atoms with Gasteiger partial charge in [0.05, 0.1) is 11.4 Å². The molecule has 1 N–H and O–H groups in total. The Morgan fingerprint density at radius 3 is 2.30 bits per heavy atom. The zero-order valence-electron chi connectivity index (χ0n) is 19.1. The molecule has 33 heavy (non-hydrogen) atoms. The van der Waals surface area contributed by atoms with Crippen molar-refractivity contribution in [3.63, 3.8) is 0 Å². The van der Waals surface area contributed by atoms with E-state index in [0.29, 0.717) is 19.6 Å². The molecule has 1 heterocycles. The molecular formula is C25H29N3O4S. The van der Waals surface area contributed by atoms with E-state index in [2.05, 4.69) is 5.32 Å². The van der Waals surface area contributed by atoms with Gasteiger partial charge in [0.2, 0.25) is 10.0 Å². The molecule has 2 aromatic carbocycles. The van der Waals surface area contributed by atoms with Crippen LogP contribution in [0.4, 0.5) is 0 Å². The van der Waals surface area contributed by atoms with E-state index in [1.54, 1.807) is 38.2 Å². The fourth-order valence-corrected chi connectivity index (χ4v) is 5.07. The van der Waals surface area contributed by atoms with Crippen LogP contribution in [0.1, 0.15) is 40.9 Å². The van der Waals surface area contributed by atoms with Crippen molar-refractivity contribution in [2.45, 2.75) is 38.8 Å². The molecule has 0 saturated carbocycles. The molecule has 8 heteroatoms. The molecule has 174 valence electrons. The van der Waals surface area contributed by atoms with E-state index in [-0.39, 0.29) is 22.6 Å². The molecule has 0 atom stereocenters. The maximum atomic E-state index is 12.8. The number of carbonyl (C=O) groups excluding carboxylic acids is 1. The second-order valence-corrected chi connectivity index (χ2v) is 9.70. The molecule has 1 amide bonds. The summed E-state index contributed by atoms with van der Waals surface area (Å²) in [6.45, 7) is 6.93. The van der Waals surface area contributed by atoms with Crippen LogP contribution in [0.3, 0.4) is 0 Å². The van der Waals surface area contributed by atoms with Crippen molar-refractivity contribution in [2.75, 3.05) is 13.1 Å². The van der Waals surface area contributed by atoms with Crippen LogP contribution in [0.15, 0.2) is 76.6 Å². The maximum absolute atomic E-state index is 12.8. The average Bonchev–Trinajstić information content (AvgIpc) is 2.80. The van der Waals surface area contributed by atoms with E-state index in [1.807, 2.05) is 31.2 Å². The van der Waals surface area contributed by atoms with E-state index in [9.17, 15) is 18.0 Å². The topological polar surface area (TPSA) is 88.5 Å². The van der Waals surface area contributed by atoms with E-state index in [0.717, 1.165) is 16.7 Å². The fourth-order valence-electron chi connectivity index (χ4n) is 3.61. The monoisotopic (exact) mass is 467 g/mol. The van der Waals surface area contributed by atoms with Gasteiger partial charge in [-0.3, -0.25) is 9.59 Å². The highest BCUT2D eigenvalue weighted by Gasteiger charge is 2.21. The Kier molecular flexibility index (Phi) is 7.84. The van der Waals surface area contributed by atoms with Gasteiger partial charge in [-0.2, -0.15) is 4.31 Å². The van der Waals surface area contributed by atoms with Gasteiger partial charge in [0, 0.05) is 25.8 Å². The van der Waals surface area contributed by atoms with E-state index in [1.165, 1.54) is 27.1 Å². The third-order valence-corrected chi connectivity index (χ3v) is 7.48. The second-order valence-electron chi connectivity index (χ2n) is 7.76. The minimum Gasteiger partial charge on any atom is -0.348 e. The van der Waals surface area contributed by atoms with Crippen molar-refractivity contribution >= 4 is 15.9 Å². The van der Waals surface area contributed by atoms with Gasteiger partial charge in [0.15, 0.2) is 0 Å². The standard InChI is InChI=1S/C25H29N3O4S/c1-4-28(5-2)33(31,32)22-13-11-20(12-14-22)17-26-24(29)23-10-7-15-27(25(23)30)18-21-9-6-8-19(3)16-21/h6-16H,4-5,17-18H2,1-3H3,(H,26,29). The third-order valence-electron chi connectivity index (χ3n) is 5.42. The van der Waals surface area contributed by atoms with Crippen LogP contribution in [-0.4, -0.2) is 36.3 Å². The summed E-state index contributed by atoms with van der Waals surface area (Å²) in [5.74, 6) is -0.474. The number of sulfonamides is 1. The molecule has 3 rings (SSSR count). The van der Waals surface area contributed by atoms with Gasteiger partial charge in [-0.15, -0.1) is 0 Å². The zero-order chi connectivity index (χ0) is 24.0. The first kappa shape index (κ1) is 24.4. The highest BCUT2D eigenvalue weighted by atomic mass is 32.2. The molecule has 0 radical (unpaired) electrons. The molecule has 0 spiro atoms. The van der Waals surface area contributed by atoms with Crippen molar-refractivity contribution in [1.29, 1.82) is 0 Å². The van der Waals surface area contributed by atoms with Crippen molar-refractivity contribution in [2.24, 2.45) is 0 Å². The molecule has 0 aliphatic rings. The summed E-state index contributed by atoms with van der Waals surface area (Å²) >= 11 is 0. The lowest BCUT2D eigenvalue weighted by Gasteiger charge is -2.18. The van der Waals surface area contributed by atoms with Gasteiger partial charge in [-0.1, -0.05) is 55.8 Å². The molecule has 3 aromatic rings. The van der Waals surface area contributed by atoms with Crippen LogP contribution in [0.25, 0.3) is 0 Å². The number of rotatable bonds is 9. The molecule has 0 aliphatic heterocycles. The third kappa shape index (κ3) is 5.77. The van der Waals surface area contributed by atoms with Gasteiger partial charge >= 0.3 is 0 Å². The number of aromatic nitrogens is 1. The molecule has 0 unspecified atom stereocenters. The lowest BCUT2D eigenvalue weighted by molar-refractivity contribution is 0.0948. The van der Waals surface area contributed by atoms with Crippen LogP contribution < -0.4 is 10.9 Å². The highest BCUT2D eigenvalue weighted by molar-refractivity contribution is 7.89. The molecule has 0 aliphatic carbocycles. The summed E-state index contributed by atoms with van der Waals surface area (Å²) < 4.78 is 28.1. The first-order chi connectivity index (χ1) is 15.8. The quantitative estimate of drug-likeness (QED) is 0.524. The van der Waals surface area contributed by atoms with E-state index < -0.39 is 15.9 Å². The van der Waals surface area contributed by atoms with Crippen molar-refractivity contribution in [3.05, 3.63) is 99.5 Å². The lowest BCUT2D eigenvalue weighted by Crippen LogP contribution is -2.32. The van der Waals surface area contributed by atoms with Crippen molar-refractivity contribution in [3.8, 4) is 0 Å². The number of pyridine rings is 1. The minimum absolute atomic E-state index is 0.0610. The Labute approximate surface area is 194 Å². The molecule has 0 fully saturated rings. The number of carbonyl (C=O) groups is 1. The maximum Gasteiger partial charge on any atom is 0.263 e. The van der Waals surface area contributed by atoms with Gasteiger partial charge in [0.1, 0.15) is 5.56 Å². The summed E-state index contributed by atoms with van der Waals surface area (Å²) in [6, 6.07) is 17.4. The first-order valence-electron chi connectivity index (χ1n) is 10.9. The number of hydrogen-bond donors (Lipinski definition) is 1. The SMILES string of the molecule is CCN(CC)S(=O)(=O)c1ccc(CNC(=O)c2cccn(Cc3cccc(C)c3)c2=O)cc1. The molecule has 1 aromatic heterocycles. The minimum atomic E-state index is -3.53. The summed E-state index contributed by atoms with van der Waals surface area (Å²) in [5, 5.41) is 2.75. The smallest absolute Gasteiger partial charge is 0.263 e. The predicted molar refractivity (Wildman–Crippen MR) is 129 cm³/mol. The van der Waals surface area contributed by atoms with Crippen LogP contribution in [-0.2, 0) is 23.1 Å². The fraction of sp³-hybridized carbons (Fsp3) is 0.280. The van der Waals surface area contributed by atoms with E-state index >= 15 is 0 Å². The summed E-state index contributed by atoms with van der Waals surface area (Å²) in [6.07, 6.45) is 1.66. The molecule has 7 nitrogen and oxygen atoms in total. The summed E-state index contributed by atoms with van der Waals surface area (Å²) in [4.78, 5) is 25.7. The lowest BCUT2D eigenvalue weighted by atomic mass is 10.1. The number of benzene rings is 2. The number of nitrogens with zero attached hydrogens (tertiary/aromatic N) is 2. The number of hydrogen-bond acceptors (Lipinski definition) is 4. The Bertz CT molecular complexity index is 1280. The number of aryl methyl sites for hydroxylation is 1. The largest absolute Gasteiger partial charge is 0.348 e. The second kappa shape index (κ2) is 10.6. The molecular weight excluding hydrogens is 438 g/mol. The summed E-state index contributed by atoms with van der Waals surface area (Å²) in [7, 11) is -3.53. The number of amides is 1. The van der Waals surface area contributed by atoms with E-state index in [4.69, 9.17) is 0 Å². The van der Waals surface area contributed by atoms with Crippen LogP contribution >= 0.6 is 0 Å². The van der Waals surface area contributed by atoms with Gasteiger partial charge < -0.3 is 9.88 Å². The van der Waals surface area contributed by atoms with Crippen LogP contribution in [0.5, 0.6) is 0 Å². The Morgan fingerprint density at radius 1 is 0.970 bits per heavy atom. The van der Waals surface area contributed by atoms with Gasteiger partial charge in [-0.05, 0) is 42.3 Å². The van der Waals surface area contributed by atoms with Crippen LogP contribution in [0.2, 0.25) is 0 Å². The Balaban J connectivity index is 1.69. The Hall–Kier alpha value is -3.23. The predicted octanol–water partition coefficient (Wildman–Crippen LogP) is 3.17. The van der Waals surface area contributed by atoms with Crippen molar-refractivity contribution < 1.29 is 13.2 Å². The van der Waals surface area contributed by atoms with Crippen molar-refractivity contribution in [1.82, 2.24) is 14.2 Å². The van der Waals surface area contributed by atoms with Gasteiger partial charge in [-0.25, -0.2) is 8.42 Å². The average molecular weight is 468 g/mol. The molecule has 0 bridgehead atoms. The van der Waals surface area contributed by atoms with Gasteiger partial charge in [0.25, 0.3) is 11.5 Å². The molecule has 0 saturated heterocycles. The summed E-state index contributed by atoms with van der Waals surface area (Å²) in [5.41, 5.74) is 2.51. The Morgan fingerprint density at radius 2 is 1.67 bits per heavy atom. The number of nitrogens with one attached hydrogen (secondary N) is 1. The first-order valence-corrected chi connectivity index (χ1v) is 12.3. The van der Waals surface area contributed by atoms with Crippen LogP contribution in [0, 0.1) is 6.92 Å².